The number of benzene rings is 1. The summed E-state index contributed by atoms with van der Waals surface area (Å²) >= 11 is 0. The van der Waals surface area contributed by atoms with Crippen molar-refractivity contribution in [3.05, 3.63) is 23.8 Å². The minimum Gasteiger partial charge on any atom is -0.496 e. The lowest BCUT2D eigenvalue weighted by atomic mass is 10.1. The average molecular weight is 237 g/mol. The fraction of sp³-hybridized carbons (Fsp3) is 0.571. The number of methoxy groups -OCH3 is 1. The molecule has 0 aliphatic heterocycles. The molecule has 2 N–H and O–H groups in total. The average Bonchev–Trinajstić information content (AvgIpc) is 2.28. The number of hydrogen-bond donors (Lipinski definition) is 1. The molecule has 1 atom stereocenters. The van der Waals surface area contributed by atoms with Gasteiger partial charge in [0.05, 0.1) is 13.2 Å². The summed E-state index contributed by atoms with van der Waals surface area (Å²) in [6.45, 7) is 7.17. The maximum absolute atomic E-state index is 5.80. The molecular weight excluding hydrogens is 214 g/mol. The van der Waals surface area contributed by atoms with Gasteiger partial charge in [-0.1, -0.05) is 13.8 Å². The zero-order valence-electron chi connectivity index (χ0n) is 11.2. The molecule has 3 nitrogen and oxygen atoms in total. The molecule has 0 saturated carbocycles. The van der Waals surface area contributed by atoms with Crippen LogP contribution in [0.15, 0.2) is 18.2 Å². The van der Waals surface area contributed by atoms with E-state index in [0.29, 0.717) is 5.92 Å². The largest absolute Gasteiger partial charge is 0.496 e. The summed E-state index contributed by atoms with van der Waals surface area (Å²) in [5, 5.41) is 0. The highest BCUT2D eigenvalue weighted by molar-refractivity contribution is 5.48. The van der Waals surface area contributed by atoms with E-state index in [1.165, 1.54) is 0 Å². The predicted molar refractivity (Wildman–Crippen MR) is 71.2 cm³/mol. The Kier molecular flexibility index (Phi) is 5.29. The maximum Gasteiger partial charge on any atom is 0.124 e. The van der Waals surface area contributed by atoms with Crippen molar-refractivity contribution in [1.29, 1.82) is 0 Å². The molecule has 1 aromatic carbocycles. The Hall–Kier alpha value is -1.22. The lowest BCUT2D eigenvalue weighted by Crippen LogP contribution is -2.06. The van der Waals surface area contributed by atoms with Crippen molar-refractivity contribution in [3.63, 3.8) is 0 Å². The number of hydrogen-bond acceptors (Lipinski definition) is 3. The molecule has 1 rings (SSSR count). The fourth-order valence-electron chi connectivity index (χ4n) is 1.64. The molecule has 0 spiro atoms. The normalized spacial score (nSPS) is 12.8. The van der Waals surface area contributed by atoms with Crippen LogP contribution in [-0.2, 0) is 4.74 Å². The zero-order valence-corrected chi connectivity index (χ0v) is 11.2. The summed E-state index contributed by atoms with van der Waals surface area (Å²) in [5.74, 6) is 1.49. The van der Waals surface area contributed by atoms with E-state index in [-0.39, 0.29) is 6.10 Å². The molecule has 0 heterocycles. The van der Waals surface area contributed by atoms with Crippen LogP contribution in [0.5, 0.6) is 5.75 Å². The summed E-state index contributed by atoms with van der Waals surface area (Å²) in [6.07, 6.45) is 1.07. The van der Waals surface area contributed by atoms with Gasteiger partial charge in [0, 0.05) is 17.9 Å². The van der Waals surface area contributed by atoms with E-state index in [4.69, 9.17) is 15.2 Å². The van der Waals surface area contributed by atoms with Gasteiger partial charge < -0.3 is 15.2 Å². The van der Waals surface area contributed by atoms with E-state index < -0.39 is 0 Å². The highest BCUT2D eigenvalue weighted by Gasteiger charge is 2.12. The quantitative estimate of drug-likeness (QED) is 0.771. The summed E-state index contributed by atoms with van der Waals surface area (Å²) in [6, 6.07) is 5.63. The highest BCUT2D eigenvalue weighted by Crippen LogP contribution is 2.29. The van der Waals surface area contributed by atoms with Gasteiger partial charge in [-0.15, -0.1) is 0 Å². The van der Waals surface area contributed by atoms with Crippen molar-refractivity contribution >= 4 is 5.69 Å². The third-order valence-corrected chi connectivity index (χ3v) is 2.75. The van der Waals surface area contributed by atoms with Crippen molar-refractivity contribution in [1.82, 2.24) is 0 Å². The first-order valence-electron chi connectivity index (χ1n) is 6.09. The summed E-state index contributed by atoms with van der Waals surface area (Å²) in [7, 11) is 1.66. The minimum atomic E-state index is 0.00667. The molecule has 0 fully saturated rings. The van der Waals surface area contributed by atoms with E-state index in [1.54, 1.807) is 7.11 Å². The van der Waals surface area contributed by atoms with E-state index in [1.807, 2.05) is 25.1 Å². The monoisotopic (exact) mass is 237 g/mol. The second-order valence-electron chi connectivity index (χ2n) is 4.70. The third-order valence-electron chi connectivity index (χ3n) is 2.75. The molecule has 0 amide bonds. The van der Waals surface area contributed by atoms with E-state index in [0.717, 1.165) is 30.0 Å². The van der Waals surface area contributed by atoms with Crippen LogP contribution in [-0.4, -0.2) is 13.7 Å². The molecule has 0 aliphatic rings. The first kappa shape index (κ1) is 13.8. The second-order valence-corrected chi connectivity index (χ2v) is 4.70. The Morgan fingerprint density at radius 2 is 1.94 bits per heavy atom. The van der Waals surface area contributed by atoms with Crippen LogP contribution in [0, 0.1) is 5.92 Å². The molecule has 0 saturated heterocycles. The molecule has 0 aromatic heterocycles. The fourth-order valence-corrected chi connectivity index (χ4v) is 1.64. The van der Waals surface area contributed by atoms with Crippen LogP contribution in [0.3, 0.4) is 0 Å². The predicted octanol–water partition coefficient (Wildman–Crippen LogP) is 3.40. The van der Waals surface area contributed by atoms with Crippen LogP contribution in [0.2, 0.25) is 0 Å². The number of anilines is 1. The first-order valence-corrected chi connectivity index (χ1v) is 6.09. The minimum absolute atomic E-state index is 0.00667. The van der Waals surface area contributed by atoms with Gasteiger partial charge in [0.1, 0.15) is 5.75 Å². The molecule has 96 valence electrons. The summed E-state index contributed by atoms with van der Waals surface area (Å²) in [4.78, 5) is 0. The van der Waals surface area contributed by atoms with Crippen molar-refractivity contribution in [2.24, 2.45) is 5.92 Å². The van der Waals surface area contributed by atoms with Gasteiger partial charge >= 0.3 is 0 Å². The van der Waals surface area contributed by atoms with Gasteiger partial charge in [-0.25, -0.2) is 0 Å². The number of nitrogens with two attached hydrogens (primary N) is 1. The van der Waals surface area contributed by atoms with Crippen LogP contribution in [0.4, 0.5) is 5.69 Å². The topological polar surface area (TPSA) is 44.5 Å². The van der Waals surface area contributed by atoms with E-state index in [9.17, 15) is 0 Å². The second kappa shape index (κ2) is 6.50. The summed E-state index contributed by atoms with van der Waals surface area (Å²) in [5.41, 5.74) is 7.53. The van der Waals surface area contributed by atoms with Gasteiger partial charge in [-0.2, -0.15) is 0 Å². The van der Waals surface area contributed by atoms with E-state index in [2.05, 4.69) is 13.8 Å². The summed E-state index contributed by atoms with van der Waals surface area (Å²) < 4.78 is 11.1. The number of nitrogen functional groups attached to an aromatic ring is 1. The highest BCUT2D eigenvalue weighted by atomic mass is 16.5. The van der Waals surface area contributed by atoms with Crippen LogP contribution < -0.4 is 10.5 Å². The Bertz CT molecular complexity index is 350. The molecule has 0 radical (unpaired) electrons. The van der Waals surface area contributed by atoms with Crippen molar-refractivity contribution in [2.45, 2.75) is 33.3 Å². The van der Waals surface area contributed by atoms with Gasteiger partial charge in [0.15, 0.2) is 0 Å². The van der Waals surface area contributed by atoms with E-state index >= 15 is 0 Å². The van der Waals surface area contributed by atoms with Crippen molar-refractivity contribution < 1.29 is 9.47 Å². The number of rotatable bonds is 6. The number of ether oxygens (including phenoxy) is 2. The molecular formula is C14H23NO2. The molecule has 3 heteroatoms. The molecule has 0 aliphatic carbocycles. The standard InChI is InChI=1S/C14H23NO2/c1-10(2)7-8-17-11(3)13-9-12(15)5-6-14(13)16-4/h5-6,9-11H,7-8,15H2,1-4H3. The smallest absolute Gasteiger partial charge is 0.124 e. The van der Waals surface area contributed by atoms with Crippen LogP contribution in [0.25, 0.3) is 0 Å². The first-order chi connectivity index (χ1) is 8.04. The Morgan fingerprint density at radius 1 is 1.24 bits per heavy atom. The van der Waals surface area contributed by atoms with Crippen molar-refractivity contribution in [3.8, 4) is 5.75 Å². The molecule has 1 unspecified atom stereocenters. The van der Waals surface area contributed by atoms with Crippen LogP contribution in [0.1, 0.15) is 38.9 Å². The van der Waals surface area contributed by atoms with Crippen molar-refractivity contribution in [2.75, 3.05) is 19.5 Å². The Labute approximate surface area is 104 Å². The third kappa shape index (κ3) is 4.27. The maximum atomic E-state index is 5.80. The Balaban J connectivity index is 2.66. The van der Waals surface area contributed by atoms with Gasteiger partial charge in [0.25, 0.3) is 0 Å². The lowest BCUT2D eigenvalue weighted by molar-refractivity contribution is 0.0567. The van der Waals surface area contributed by atoms with Gasteiger partial charge in [-0.05, 0) is 37.5 Å². The molecule has 1 aromatic rings. The zero-order chi connectivity index (χ0) is 12.8. The molecule has 0 bridgehead atoms. The SMILES string of the molecule is COc1ccc(N)cc1C(C)OCCC(C)C. The van der Waals surface area contributed by atoms with Crippen LogP contribution >= 0.6 is 0 Å². The molecule has 17 heavy (non-hydrogen) atoms. The van der Waals surface area contributed by atoms with Gasteiger partial charge in [0.2, 0.25) is 0 Å². The van der Waals surface area contributed by atoms with Gasteiger partial charge in [-0.3, -0.25) is 0 Å². The lowest BCUT2D eigenvalue weighted by Gasteiger charge is -2.17. The Morgan fingerprint density at radius 3 is 2.53 bits per heavy atom.